The summed E-state index contributed by atoms with van der Waals surface area (Å²) in [5, 5.41) is 22.5. The van der Waals surface area contributed by atoms with Crippen molar-refractivity contribution < 1.29 is 23.8 Å². The summed E-state index contributed by atoms with van der Waals surface area (Å²) in [6.45, 7) is 0.151. The lowest BCUT2D eigenvalue weighted by atomic mass is 10.1. The number of anilines is 2. The minimum atomic E-state index is -1.07. The Morgan fingerprint density at radius 3 is 2.41 bits per heavy atom. The Kier molecular flexibility index (Phi) is 6.54. The van der Waals surface area contributed by atoms with Gasteiger partial charge in [0.05, 0.1) is 39.5 Å². The molecule has 4 aromatic rings. The van der Waals surface area contributed by atoms with E-state index in [9.17, 15) is 28.6 Å². The second-order valence-corrected chi connectivity index (χ2v) is 9.15. The van der Waals surface area contributed by atoms with Crippen molar-refractivity contribution in [1.29, 1.82) is 0 Å². The van der Waals surface area contributed by atoms with Gasteiger partial charge in [-0.1, -0.05) is 29.3 Å². The maximum absolute atomic E-state index is 14.8. The van der Waals surface area contributed by atoms with Gasteiger partial charge in [0.15, 0.2) is 17.3 Å². The van der Waals surface area contributed by atoms with Gasteiger partial charge in [-0.2, -0.15) is 0 Å². The van der Waals surface area contributed by atoms with Gasteiger partial charge in [-0.25, -0.2) is 18.7 Å². The van der Waals surface area contributed by atoms with E-state index in [1.807, 2.05) is 0 Å². The summed E-state index contributed by atoms with van der Waals surface area (Å²) < 4.78 is 29.5. The molecule has 0 bridgehead atoms. The predicted molar refractivity (Wildman–Crippen MR) is 134 cm³/mol. The molecule has 13 heteroatoms. The molecule has 0 spiro atoms. The van der Waals surface area contributed by atoms with Crippen molar-refractivity contribution in [2.75, 3.05) is 23.3 Å². The van der Waals surface area contributed by atoms with Crippen molar-refractivity contribution in [2.24, 2.45) is 0 Å². The van der Waals surface area contributed by atoms with E-state index in [-0.39, 0.29) is 45.7 Å². The number of aliphatic hydroxyl groups excluding tert-OH is 2. The first-order valence-electron chi connectivity index (χ1n) is 10.9. The fourth-order valence-electron chi connectivity index (χ4n) is 4.03. The Balaban J connectivity index is 1.69. The molecule has 1 fully saturated rings. The molecule has 3 aromatic heterocycles. The zero-order valence-corrected chi connectivity index (χ0v) is 20.2. The van der Waals surface area contributed by atoms with E-state index in [0.717, 1.165) is 17.0 Å². The van der Waals surface area contributed by atoms with Crippen LogP contribution < -0.4 is 15.6 Å². The van der Waals surface area contributed by atoms with Crippen molar-refractivity contribution in [3.05, 3.63) is 86.3 Å². The average molecular weight is 548 g/mol. The quantitative estimate of drug-likeness (QED) is 0.359. The number of aliphatic hydroxyl groups is 2. The Morgan fingerprint density at radius 1 is 1.08 bits per heavy atom. The number of fused-ring (bicyclic) bond motifs is 1. The van der Waals surface area contributed by atoms with Crippen molar-refractivity contribution in [3.8, 4) is 5.82 Å². The molecule has 1 amide bonds. The lowest BCUT2D eigenvalue weighted by Gasteiger charge is -2.19. The number of nitrogens with one attached hydrogen (secondary N) is 1. The van der Waals surface area contributed by atoms with Crippen molar-refractivity contribution in [3.63, 3.8) is 0 Å². The van der Waals surface area contributed by atoms with Crippen molar-refractivity contribution >= 4 is 51.6 Å². The van der Waals surface area contributed by atoms with Gasteiger partial charge < -0.3 is 20.4 Å². The van der Waals surface area contributed by atoms with E-state index in [2.05, 4.69) is 15.3 Å². The normalized spacial score (nSPS) is 17.4. The molecule has 1 aromatic carbocycles. The van der Waals surface area contributed by atoms with E-state index in [1.54, 1.807) is 11.0 Å². The number of carbonyl (C=O) groups is 1. The topological polar surface area (TPSA) is 121 Å². The Morgan fingerprint density at radius 2 is 1.76 bits per heavy atom. The number of nitrogens with zero attached hydrogens (tertiary/aromatic N) is 4. The highest BCUT2D eigenvalue weighted by Gasteiger charge is 2.31. The number of halogens is 4. The first-order chi connectivity index (χ1) is 17.6. The van der Waals surface area contributed by atoms with Gasteiger partial charge in [-0.3, -0.25) is 14.2 Å². The molecule has 1 saturated heterocycles. The van der Waals surface area contributed by atoms with Crippen LogP contribution in [-0.4, -0.2) is 56.0 Å². The monoisotopic (exact) mass is 547 g/mol. The number of hydrogen-bond donors (Lipinski definition) is 3. The second-order valence-electron chi connectivity index (χ2n) is 8.33. The van der Waals surface area contributed by atoms with Crippen molar-refractivity contribution in [2.45, 2.75) is 12.2 Å². The molecule has 1 aliphatic heterocycles. The Bertz CT molecular complexity index is 1590. The first-order valence-corrected chi connectivity index (χ1v) is 11.6. The van der Waals surface area contributed by atoms with Crippen LogP contribution in [-0.2, 0) is 0 Å². The summed E-state index contributed by atoms with van der Waals surface area (Å²) in [6, 6.07) is 8.03. The smallest absolute Gasteiger partial charge is 0.261 e. The summed E-state index contributed by atoms with van der Waals surface area (Å²) in [6.07, 6.45) is -0.182. The fourth-order valence-corrected chi connectivity index (χ4v) is 4.52. The number of para-hydroxylation sites is 1. The minimum Gasteiger partial charge on any atom is -0.389 e. The standard InChI is InChI=1S/C24H17Cl2F2N5O4/c25-14-2-1-3-15(26)20(14)31-24(37)13-8-33(23-16(28)6-11(27)7-29-23)22-12(21(13)36)4-5-19(30-22)32-9-17(34)18(35)10-32/h1-8,17-18,34-35H,9-10H2,(H,31,37). The third kappa shape index (κ3) is 4.62. The number of pyridine rings is 3. The summed E-state index contributed by atoms with van der Waals surface area (Å²) >= 11 is 12.3. The number of amides is 1. The zero-order valence-electron chi connectivity index (χ0n) is 18.7. The van der Waals surface area contributed by atoms with Crippen LogP contribution in [0.4, 0.5) is 20.3 Å². The molecule has 37 heavy (non-hydrogen) atoms. The highest BCUT2D eigenvalue weighted by Crippen LogP contribution is 2.30. The van der Waals surface area contributed by atoms with Crippen LogP contribution in [0.3, 0.4) is 0 Å². The SMILES string of the molecule is O=C(Nc1c(Cl)cccc1Cl)c1cn(-c2ncc(F)cc2F)c2nc(N3CC(O)C(O)C3)ccc2c1=O. The summed E-state index contributed by atoms with van der Waals surface area (Å²) in [5.74, 6) is -3.01. The summed E-state index contributed by atoms with van der Waals surface area (Å²) in [4.78, 5) is 36.3. The Labute approximate surface area is 217 Å². The number of aromatic nitrogens is 3. The number of carbonyl (C=O) groups excluding carboxylic acids is 1. The molecule has 3 N–H and O–H groups in total. The van der Waals surface area contributed by atoms with Gasteiger partial charge in [0.1, 0.15) is 17.2 Å². The predicted octanol–water partition coefficient (Wildman–Crippen LogP) is 3.16. The number of rotatable bonds is 4. The van der Waals surface area contributed by atoms with Gasteiger partial charge >= 0.3 is 0 Å². The number of β-amino-alcohol motifs (C(OH)–C–C–N with tert-alkyl or cyclic N) is 2. The Hall–Kier alpha value is -3.64. The fraction of sp³-hybridized carbons (Fsp3) is 0.167. The van der Waals surface area contributed by atoms with E-state index >= 15 is 0 Å². The van der Waals surface area contributed by atoms with Crippen LogP contribution in [0.15, 0.2) is 53.6 Å². The van der Waals surface area contributed by atoms with E-state index in [0.29, 0.717) is 6.07 Å². The maximum Gasteiger partial charge on any atom is 0.261 e. The van der Waals surface area contributed by atoms with Crippen LogP contribution in [0.2, 0.25) is 10.0 Å². The van der Waals surface area contributed by atoms with Crippen LogP contribution in [0.1, 0.15) is 10.4 Å². The number of hydrogen-bond acceptors (Lipinski definition) is 7. The zero-order chi connectivity index (χ0) is 26.4. The second kappa shape index (κ2) is 9.67. The van der Waals surface area contributed by atoms with Gasteiger partial charge in [-0.05, 0) is 24.3 Å². The van der Waals surface area contributed by atoms with E-state index < -0.39 is 46.6 Å². The van der Waals surface area contributed by atoms with Crippen LogP contribution in [0.25, 0.3) is 16.9 Å². The lowest BCUT2D eigenvalue weighted by Crippen LogP contribution is -2.26. The molecule has 5 rings (SSSR count). The molecular weight excluding hydrogens is 531 g/mol. The molecule has 1 aliphatic rings. The van der Waals surface area contributed by atoms with Crippen molar-refractivity contribution in [1.82, 2.24) is 14.5 Å². The van der Waals surface area contributed by atoms with Crippen LogP contribution in [0.5, 0.6) is 0 Å². The first kappa shape index (κ1) is 25.0. The highest BCUT2D eigenvalue weighted by atomic mass is 35.5. The van der Waals surface area contributed by atoms with E-state index in [1.165, 1.54) is 24.3 Å². The van der Waals surface area contributed by atoms with E-state index in [4.69, 9.17) is 23.2 Å². The van der Waals surface area contributed by atoms with Gasteiger partial charge in [0.25, 0.3) is 5.91 Å². The lowest BCUT2D eigenvalue weighted by molar-refractivity contribution is 0.0572. The third-order valence-corrected chi connectivity index (χ3v) is 6.51. The largest absolute Gasteiger partial charge is 0.389 e. The molecule has 0 saturated carbocycles. The molecule has 2 atom stereocenters. The minimum absolute atomic E-state index is 0.0625. The average Bonchev–Trinajstić information content (AvgIpc) is 3.20. The molecule has 2 unspecified atom stereocenters. The highest BCUT2D eigenvalue weighted by molar-refractivity contribution is 6.40. The number of benzene rings is 1. The van der Waals surface area contributed by atoms with Gasteiger partial charge in [0.2, 0.25) is 5.43 Å². The van der Waals surface area contributed by atoms with Crippen LogP contribution >= 0.6 is 23.2 Å². The molecule has 0 aliphatic carbocycles. The summed E-state index contributed by atoms with van der Waals surface area (Å²) in [5.41, 5.74) is -1.14. The molecule has 9 nitrogen and oxygen atoms in total. The summed E-state index contributed by atoms with van der Waals surface area (Å²) in [7, 11) is 0. The van der Waals surface area contributed by atoms with Crippen LogP contribution in [0, 0.1) is 11.6 Å². The molecular formula is C24H17Cl2F2N5O4. The third-order valence-electron chi connectivity index (χ3n) is 5.88. The molecule has 4 heterocycles. The molecule has 0 radical (unpaired) electrons. The van der Waals surface area contributed by atoms with Gasteiger partial charge in [0, 0.05) is 25.4 Å². The van der Waals surface area contributed by atoms with Gasteiger partial charge in [-0.15, -0.1) is 0 Å². The maximum atomic E-state index is 14.8. The molecule has 190 valence electrons.